The van der Waals surface area contributed by atoms with Crippen molar-refractivity contribution in [1.29, 1.82) is 0 Å². The molecule has 8 nitrogen and oxygen atoms in total. The average Bonchev–Trinajstić information content (AvgIpc) is 2.74. The Kier molecular flexibility index (Phi) is 9.05. The van der Waals surface area contributed by atoms with Crippen molar-refractivity contribution in [2.24, 2.45) is 0 Å². The third-order valence-corrected chi connectivity index (χ3v) is 5.23. The molecule has 3 amide bonds. The number of urea groups is 1. The second kappa shape index (κ2) is 11.5. The molecule has 8 heteroatoms. The van der Waals surface area contributed by atoms with Gasteiger partial charge in [0.25, 0.3) is 0 Å². The van der Waals surface area contributed by atoms with Crippen LogP contribution in [0.3, 0.4) is 0 Å². The number of ether oxygens (including phenoxy) is 2. The zero-order valence-electron chi connectivity index (χ0n) is 18.1. The zero-order valence-corrected chi connectivity index (χ0v) is 18.1. The van der Waals surface area contributed by atoms with Gasteiger partial charge in [0.2, 0.25) is 5.91 Å². The van der Waals surface area contributed by atoms with E-state index in [1.54, 1.807) is 14.2 Å². The molecule has 0 aliphatic carbocycles. The number of methoxy groups -OCH3 is 2. The first-order chi connectivity index (χ1) is 14.0. The molecule has 29 heavy (non-hydrogen) atoms. The van der Waals surface area contributed by atoms with Gasteiger partial charge in [-0.15, -0.1) is 0 Å². The van der Waals surface area contributed by atoms with Crippen LogP contribution in [0.25, 0.3) is 0 Å². The smallest absolute Gasteiger partial charge is 0.320 e. The zero-order chi connectivity index (χ0) is 21.2. The van der Waals surface area contributed by atoms with Gasteiger partial charge in [-0.2, -0.15) is 0 Å². The highest BCUT2D eigenvalue weighted by molar-refractivity contribution is 5.78. The Bertz CT molecular complexity index is 671. The van der Waals surface area contributed by atoms with Gasteiger partial charge in [-0.25, -0.2) is 4.79 Å². The van der Waals surface area contributed by atoms with E-state index in [2.05, 4.69) is 10.2 Å². The van der Waals surface area contributed by atoms with Crippen LogP contribution in [0.2, 0.25) is 0 Å². The number of carbonyl (C=O) groups excluding carboxylic acids is 2. The summed E-state index contributed by atoms with van der Waals surface area (Å²) in [7, 11) is 3.22. The lowest BCUT2D eigenvalue weighted by molar-refractivity contribution is -0.122. The average molecular weight is 407 g/mol. The lowest BCUT2D eigenvalue weighted by Gasteiger charge is -2.36. The Morgan fingerprint density at radius 2 is 1.69 bits per heavy atom. The summed E-state index contributed by atoms with van der Waals surface area (Å²) >= 11 is 0. The van der Waals surface area contributed by atoms with E-state index in [4.69, 9.17) is 9.47 Å². The molecule has 1 heterocycles. The normalized spacial score (nSPS) is 14.4. The van der Waals surface area contributed by atoms with Crippen LogP contribution in [0.4, 0.5) is 4.79 Å². The summed E-state index contributed by atoms with van der Waals surface area (Å²) in [4.78, 5) is 30.4. The van der Waals surface area contributed by atoms with Crippen LogP contribution >= 0.6 is 0 Å². The van der Waals surface area contributed by atoms with Crippen LogP contribution in [0, 0.1) is 0 Å². The number of nitrogens with one attached hydrogen (secondary N) is 1. The Balaban J connectivity index is 1.71. The first-order valence-corrected chi connectivity index (χ1v) is 10.3. The van der Waals surface area contributed by atoms with Crippen molar-refractivity contribution in [1.82, 2.24) is 20.0 Å². The molecule has 1 fully saturated rings. The number of rotatable bonds is 9. The van der Waals surface area contributed by atoms with Crippen LogP contribution in [0.15, 0.2) is 18.2 Å². The van der Waals surface area contributed by atoms with Crippen molar-refractivity contribution in [3.05, 3.63) is 23.8 Å². The second-order valence-corrected chi connectivity index (χ2v) is 7.01. The summed E-state index contributed by atoms with van der Waals surface area (Å²) in [5.74, 6) is 1.39. The quantitative estimate of drug-likeness (QED) is 0.672. The molecular weight excluding hydrogens is 372 g/mol. The minimum absolute atomic E-state index is 0.00833. The highest BCUT2D eigenvalue weighted by Crippen LogP contribution is 2.27. The molecule has 0 aromatic heterocycles. The second-order valence-electron chi connectivity index (χ2n) is 7.01. The topological polar surface area (TPSA) is 74.4 Å². The van der Waals surface area contributed by atoms with E-state index in [1.807, 2.05) is 41.8 Å². The number of carbonyl (C=O) groups is 2. The standard InChI is InChI=1S/C21H34N4O4/c1-5-24(6-2)21(27)25-13-11-23(12-14-25)16-20(26)22-10-9-17-7-8-18(28-3)19(15-17)29-4/h7-8,15H,5-6,9-14,16H2,1-4H3,(H,22,26). The molecule has 0 spiro atoms. The number of piperazine rings is 1. The van der Waals surface area contributed by atoms with E-state index in [-0.39, 0.29) is 11.9 Å². The summed E-state index contributed by atoms with van der Waals surface area (Å²) in [6.45, 7) is 9.10. The fourth-order valence-corrected chi connectivity index (χ4v) is 3.43. The molecule has 2 rings (SSSR count). The molecule has 0 saturated carbocycles. The molecule has 1 aliphatic heterocycles. The molecule has 1 N–H and O–H groups in total. The van der Waals surface area contributed by atoms with E-state index in [9.17, 15) is 9.59 Å². The van der Waals surface area contributed by atoms with Gasteiger partial charge in [0.05, 0.1) is 20.8 Å². The summed E-state index contributed by atoms with van der Waals surface area (Å²) in [5.41, 5.74) is 1.08. The molecule has 1 aromatic rings. The molecule has 162 valence electrons. The molecule has 1 aromatic carbocycles. The predicted octanol–water partition coefficient (Wildman–Crippen LogP) is 1.44. The van der Waals surface area contributed by atoms with E-state index < -0.39 is 0 Å². The maximum absolute atomic E-state index is 12.4. The van der Waals surface area contributed by atoms with Crippen LogP contribution < -0.4 is 14.8 Å². The van der Waals surface area contributed by atoms with Crippen molar-refractivity contribution < 1.29 is 19.1 Å². The van der Waals surface area contributed by atoms with Crippen molar-refractivity contribution in [3.8, 4) is 11.5 Å². The fourth-order valence-electron chi connectivity index (χ4n) is 3.43. The van der Waals surface area contributed by atoms with Gasteiger partial charge in [0.1, 0.15) is 0 Å². The lowest BCUT2D eigenvalue weighted by atomic mass is 10.1. The van der Waals surface area contributed by atoms with Crippen LogP contribution in [0.1, 0.15) is 19.4 Å². The fraction of sp³-hybridized carbons (Fsp3) is 0.619. The number of benzene rings is 1. The Labute approximate surface area is 173 Å². The van der Waals surface area contributed by atoms with Gasteiger partial charge >= 0.3 is 6.03 Å². The number of hydrogen-bond acceptors (Lipinski definition) is 5. The maximum Gasteiger partial charge on any atom is 0.320 e. The van der Waals surface area contributed by atoms with Gasteiger partial charge in [0, 0.05) is 45.8 Å². The molecular formula is C21H34N4O4. The van der Waals surface area contributed by atoms with Crippen molar-refractivity contribution in [3.63, 3.8) is 0 Å². The number of nitrogens with zero attached hydrogens (tertiary/aromatic N) is 3. The number of amides is 3. The van der Waals surface area contributed by atoms with Gasteiger partial charge in [-0.3, -0.25) is 9.69 Å². The summed E-state index contributed by atoms with van der Waals surface area (Å²) in [5, 5.41) is 2.97. The Morgan fingerprint density at radius 1 is 1.03 bits per heavy atom. The Hall–Kier alpha value is -2.48. The third kappa shape index (κ3) is 6.52. The molecule has 1 aliphatic rings. The van der Waals surface area contributed by atoms with Crippen molar-refractivity contribution in [2.45, 2.75) is 20.3 Å². The minimum Gasteiger partial charge on any atom is -0.493 e. The van der Waals surface area contributed by atoms with Crippen LogP contribution in [-0.2, 0) is 11.2 Å². The largest absolute Gasteiger partial charge is 0.493 e. The highest BCUT2D eigenvalue weighted by Gasteiger charge is 2.24. The molecule has 0 atom stereocenters. The predicted molar refractivity (Wildman–Crippen MR) is 113 cm³/mol. The van der Waals surface area contributed by atoms with E-state index in [0.29, 0.717) is 37.7 Å². The first kappa shape index (κ1) is 22.8. The minimum atomic E-state index is 0.00833. The van der Waals surface area contributed by atoms with Crippen molar-refractivity contribution >= 4 is 11.9 Å². The van der Waals surface area contributed by atoms with Gasteiger partial charge in [-0.05, 0) is 38.0 Å². The number of hydrogen-bond donors (Lipinski definition) is 1. The third-order valence-electron chi connectivity index (χ3n) is 5.23. The summed E-state index contributed by atoms with van der Waals surface area (Å²) in [6, 6.07) is 5.86. The van der Waals surface area contributed by atoms with Gasteiger partial charge in [-0.1, -0.05) is 6.07 Å². The SMILES string of the molecule is CCN(CC)C(=O)N1CCN(CC(=O)NCCc2ccc(OC)c(OC)c2)CC1. The molecule has 0 unspecified atom stereocenters. The van der Waals surface area contributed by atoms with Crippen LogP contribution in [-0.4, -0.2) is 93.2 Å². The maximum atomic E-state index is 12.4. The van der Waals surface area contributed by atoms with E-state index in [0.717, 1.165) is 38.2 Å². The van der Waals surface area contributed by atoms with E-state index in [1.165, 1.54) is 0 Å². The first-order valence-electron chi connectivity index (χ1n) is 10.3. The lowest BCUT2D eigenvalue weighted by Crippen LogP contribution is -2.54. The van der Waals surface area contributed by atoms with Crippen molar-refractivity contribution in [2.75, 3.05) is 66.6 Å². The van der Waals surface area contributed by atoms with Crippen LogP contribution in [0.5, 0.6) is 11.5 Å². The molecule has 0 radical (unpaired) electrons. The van der Waals surface area contributed by atoms with Gasteiger partial charge < -0.3 is 24.6 Å². The summed E-state index contributed by atoms with van der Waals surface area (Å²) in [6.07, 6.45) is 0.720. The summed E-state index contributed by atoms with van der Waals surface area (Å²) < 4.78 is 10.5. The Morgan fingerprint density at radius 3 is 2.28 bits per heavy atom. The molecule has 1 saturated heterocycles. The van der Waals surface area contributed by atoms with E-state index >= 15 is 0 Å². The highest BCUT2D eigenvalue weighted by atomic mass is 16.5. The van der Waals surface area contributed by atoms with Gasteiger partial charge in [0.15, 0.2) is 11.5 Å². The monoisotopic (exact) mass is 406 g/mol. The molecule has 0 bridgehead atoms.